The molecule has 2 aromatic heterocycles. The third-order valence-electron chi connectivity index (χ3n) is 3.18. The van der Waals surface area contributed by atoms with Crippen molar-refractivity contribution in [2.24, 2.45) is 0 Å². The molecule has 0 bridgehead atoms. The number of nitrogens with zero attached hydrogens (tertiary/aromatic N) is 3. The fourth-order valence-electron chi connectivity index (χ4n) is 1.99. The summed E-state index contributed by atoms with van der Waals surface area (Å²) in [5.41, 5.74) is 0.581. The van der Waals surface area contributed by atoms with Crippen molar-refractivity contribution < 1.29 is 9.18 Å². The van der Waals surface area contributed by atoms with Crippen LogP contribution in [0.5, 0.6) is 0 Å². The molecule has 1 unspecified atom stereocenters. The van der Waals surface area contributed by atoms with Gasteiger partial charge in [-0.05, 0) is 25.1 Å². The number of para-hydroxylation sites is 1. The molecule has 2 heterocycles. The number of hydrogen-bond acceptors (Lipinski definition) is 4. The number of nitrogens with one attached hydrogen (secondary N) is 1. The fourth-order valence-corrected chi connectivity index (χ4v) is 3.32. The summed E-state index contributed by atoms with van der Waals surface area (Å²) in [5, 5.41) is 11.3. The molecule has 5 nitrogen and oxygen atoms in total. The summed E-state index contributed by atoms with van der Waals surface area (Å²) in [6, 6.07) is 7.54. The van der Waals surface area contributed by atoms with Gasteiger partial charge in [-0.2, -0.15) is 0 Å². The van der Waals surface area contributed by atoms with Crippen LogP contribution in [-0.4, -0.2) is 25.8 Å². The van der Waals surface area contributed by atoms with Crippen molar-refractivity contribution in [2.45, 2.75) is 17.3 Å². The van der Waals surface area contributed by atoms with Gasteiger partial charge in [0.25, 0.3) is 0 Å². The molecular formula is C15H11Cl2FN4OS. The normalized spacial score (nSPS) is 12.3. The van der Waals surface area contributed by atoms with Gasteiger partial charge in [-0.25, -0.2) is 4.39 Å². The zero-order valence-corrected chi connectivity index (χ0v) is 14.7. The molecule has 0 saturated carbocycles. The lowest BCUT2D eigenvalue weighted by atomic mass is 10.3. The van der Waals surface area contributed by atoms with E-state index < -0.39 is 11.1 Å². The molecule has 0 radical (unpaired) electrons. The van der Waals surface area contributed by atoms with Crippen LogP contribution >= 0.6 is 35.0 Å². The van der Waals surface area contributed by atoms with Crippen LogP contribution in [0, 0.1) is 5.82 Å². The third kappa shape index (κ3) is 3.48. The summed E-state index contributed by atoms with van der Waals surface area (Å²) >= 11 is 13.2. The Balaban J connectivity index is 1.78. The van der Waals surface area contributed by atoms with E-state index in [4.69, 9.17) is 23.2 Å². The number of rotatable bonds is 4. The smallest absolute Gasteiger partial charge is 0.237 e. The Labute approximate surface area is 151 Å². The maximum absolute atomic E-state index is 13.6. The van der Waals surface area contributed by atoms with Gasteiger partial charge in [-0.3, -0.25) is 9.20 Å². The monoisotopic (exact) mass is 384 g/mol. The van der Waals surface area contributed by atoms with Gasteiger partial charge < -0.3 is 5.32 Å². The van der Waals surface area contributed by atoms with E-state index >= 15 is 0 Å². The van der Waals surface area contributed by atoms with Crippen LogP contribution < -0.4 is 5.32 Å². The Morgan fingerprint density at radius 3 is 2.83 bits per heavy atom. The molecule has 0 aliphatic heterocycles. The molecule has 124 valence electrons. The van der Waals surface area contributed by atoms with Gasteiger partial charge in [-0.1, -0.05) is 47.1 Å². The summed E-state index contributed by atoms with van der Waals surface area (Å²) in [6.07, 6.45) is 1.62. The number of hydrogen-bond donors (Lipinski definition) is 1. The number of fused-ring (bicyclic) bond motifs is 1. The predicted molar refractivity (Wildman–Crippen MR) is 93.4 cm³/mol. The molecule has 0 aliphatic rings. The molecule has 0 aliphatic carbocycles. The van der Waals surface area contributed by atoms with Crippen LogP contribution in [0.2, 0.25) is 10.0 Å². The highest BCUT2D eigenvalue weighted by Crippen LogP contribution is 2.28. The number of carbonyl (C=O) groups is 1. The number of thioether (sulfide) groups is 1. The van der Waals surface area contributed by atoms with Crippen LogP contribution in [0.4, 0.5) is 10.1 Å². The van der Waals surface area contributed by atoms with E-state index in [1.54, 1.807) is 35.7 Å². The van der Waals surface area contributed by atoms with E-state index in [2.05, 4.69) is 15.5 Å². The molecule has 3 rings (SSSR count). The minimum atomic E-state index is -0.533. The third-order valence-corrected chi connectivity index (χ3v) is 4.72. The van der Waals surface area contributed by atoms with E-state index in [-0.39, 0.29) is 11.6 Å². The van der Waals surface area contributed by atoms with Gasteiger partial charge in [0.05, 0.1) is 21.0 Å². The second kappa shape index (κ2) is 6.96. The van der Waals surface area contributed by atoms with E-state index in [1.165, 1.54) is 23.9 Å². The summed E-state index contributed by atoms with van der Waals surface area (Å²) in [7, 11) is 0. The number of aromatic nitrogens is 3. The van der Waals surface area contributed by atoms with Crippen molar-refractivity contribution >= 4 is 52.2 Å². The maximum Gasteiger partial charge on any atom is 0.237 e. The van der Waals surface area contributed by atoms with Crippen molar-refractivity contribution in [3.63, 3.8) is 0 Å². The number of halogens is 3. The molecule has 1 atom stereocenters. The second-order valence-corrected chi connectivity index (χ2v) is 7.06. The first-order valence-corrected chi connectivity index (χ1v) is 8.51. The standard InChI is InChI=1S/C15H11Cl2FN4OS/c1-8(14(23)19-12-5-3-2-4-11(12)18)24-15-21-20-13-10(17)6-9(16)7-22(13)15/h2-8H,1H3,(H,19,23). The minimum Gasteiger partial charge on any atom is -0.323 e. The Morgan fingerprint density at radius 2 is 2.08 bits per heavy atom. The summed E-state index contributed by atoms with van der Waals surface area (Å²) in [4.78, 5) is 12.3. The predicted octanol–water partition coefficient (Wildman–Crippen LogP) is 4.29. The summed E-state index contributed by atoms with van der Waals surface area (Å²) in [5.74, 6) is -0.843. The van der Waals surface area contributed by atoms with Crippen molar-refractivity contribution in [1.29, 1.82) is 0 Å². The van der Waals surface area contributed by atoms with Crippen LogP contribution in [0.1, 0.15) is 6.92 Å². The Morgan fingerprint density at radius 1 is 1.33 bits per heavy atom. The lowest BCUT2D eigenvalue weighted by molar-refractivity contribution is -0.115. The number of carbonyl (C=O) groups excluding carboxylic acids is 1. The number of anilines is 1. The second-order valence-electron chi connectivity index (χ2n) is 4.91. The average molecular weight is 385 g/mol. The van der Waals surface area contributed by atoms with Crippen LogP contribution in [0.3, 0.4) is 0 Å². The Kier molecular flexibility index (Phi) is 4.93. The molecular weight excluding hydrogens is 374 g/mol. The zero-order chi connectivity index (χ0) is 17.3. The Bertz CT molecular complexity index is 918. The highest BCUT2D eigenvalue weighted by molar-refractivity contribution is 8.00. The molecule has 1 N–H and O–H groups in total. The molecule has 3 aromatic rings. The first-order chi connectivity index (χ1) is 11.5. The van der Waals surface area contributed by atoms with Gasteiger partial charge in [0.2, 0.25) is 5.91 Å². The summed E-state index contributed by atoms with van der Waals surface area (Å²) < 4.78 is 15.2. The van der Waals surface area contributed by atoms with Crippen molar-refractivity contribution in [1.82, 2.24) is 14.6 Å². The molecule has 24 heavy (non-hydrogen) atoms. The minimum absolute atomic E-state index is 0.132. The van der Waals surface area contributed by atoms with Crippen molar-refractivity contribution in [3.8, 4) is 0 Å². The average Bonchev–Trinajstić information content (AvgIpc) is 2.92. The quantitative estimate of drug-likeness (QED) is 0.681. The van der Waals surface area contributed by atoms with Gasteiger partial charge in [0, 0.05) is 6.20 Å². The Hall–Kier alpha value is -1.83. The first kappa shape index (κ1) is 17.0. The van der Waals surface area contributed by atoms with Gasteiger partial charge in [-0.15, -0.1) is 10.2 Å². The number of amides is 1. The molecule has 0 spiro atoms. The molecule has 0 saturated heterocycles. The zero-order valence-electron chi connectivity index (χ0n) is 12.3. The van der Waals surface area contributed by atoms with E-state index in [1.807, 2.05) is 0 Å². The topological polar surface area (TPSA) is 59.3 Å². The van der Waals surface area contributed by atoms with Gasteiger partial charge >= 0.3 is 0 Å². The molecule has 0 fully saturated rings. The van der Waals surface area contributed by atoms with E-state index in [9.17, 15) is 9.18 Å². The van der Waals surface area contributed by atoms with Crippen LogP contribution in [0.25, 0.3) is 5.65 Å². The van der Waals surface area contributed by atoms with Gasteiger partial charge in [0.15, 0.2) is 10.8 Å². The molecule has 1 amide bonds. The molecule has 9 heteroatoms. The van der Waals surface area contributed by atoms with Crippen LogP contribution in [0.15, 0.2) is 41.7 Å². The van der Waals surface area contributed by atoms with Crippen molar-refractivity contribution in [3.05, 3.63) is 52.4 Å². The van der Waals surface area contributed by atoms with Gasteiger partial charge in [0.1, 0.15) is 5.82 Å². The fraction of sp³-hybridized carbons (Fsp3) is 0.133. The van der Waals surface area contributed by atoms with Crippen molar-refractivity contribution in [2.75, 3.05) is 5.32 Å². The highest BCUT2D eigenvalue weighted by atomic mass is 35.5. The van der Waals surface area contributed by atoms with E-state index in [0.717, 1.165) is 0 Å². The van der Waals surface area contributed by atoms with Crippen LogP contribution in [-0.2, 0) is 4.79 Å². The molecule has 1 aromatic carbocycles. The highest BCUT2D eigenvalue weighted by Gasteiger charge is 2.20. The SMILES string of the molecule is CC(Sc1nnc2c(Cl)cc(Cl)cn12)C(=O)Nc1ccccc1F. The lowest BCUT2D eigenvalue weighted by Crippen LogP contribution is -2.23. The summed E-state index contributed by atoms with van der Waals surface area (Å²) in [6.45, 7) is 1.69. The van der Waals surface area contributed by atoms with E-state index in [0.29, 0.717) is 20.8 Å². The largest absolute Gasteiger partial charge is 0.323 e. The maximum atomic E-state index is 13.6. The first-order valence-electron chi connectivity index (χ1n) is 6.87. The number of pyridine rings is 1. The lowest BCUT2D eigenvalue weighted by Gasteiger charge is -2.11. The number of benzene rings is 1.